The maximum absolute atomic E-state index is 12.1. The van der Waals surface area contributed by atoms with E-state index in [0.29, 0.717) is 22.0 Å². The van der Waals surface area contributed by atoms with Crippen LogP contribution in [0.25, 0.3) is 0 Å². The third-order valence-corrected chi connectivity index (χ3v) is 4.93. The first-order chi connectivity index (χ1) is 13.4. The lowest BCUT2D eigenvalue weighted by molar-refractivity contribution is 0.0596. The van der Waals surface area contributed by atoms with Crippen LogP contribution in [-0.4, -0.2) is 14.4 Å². The summed E-state index contributed by atoms with van der Waals surface area (Å²) in [6.45, 7) is 0. The number of carbonyl (C=O) groups excluding carboxylic acids is 1. The Morgan fingerprint density at radius 2 is 1.54 bits per heavy atom. The second kappa shape index (κ2) is 8.64. The van der Waals surface area contributed by atoms with Crippen LogP contribution in [0, 0.1) is 0 Å². The zero-order chi connectivity index (χ0) is 20.0. The molecule has 28 heavy (non-hydrogen) atoms. The summed E-state index contributed by atoms with van der Waals surface area (Å²) in [4.78, 5) is 17.0. The van der Waals surface area contributed by atoms with Gasteiger partial charge in [0.05, 0.1) is 21.8 Å². The van der Waals surface area contributed by atoms with Crippen LogP contribution in [0.3, 0.4) is 0 Å². The number of nitrogens with one attached hydrogen (secondary N) is 1. The average molecular weight is 416 g/mol. The Hall–Kier alpha value is -3.23. The van der Waals surface area contributed by atoms with Gasteiger partial charge in [0, 0.05) is 5.02 Å². The van der Waals surface area contributed by atoms with Crippen molar-refractivity contribution >= 4 is 39.0 Å². The van der Waals surface area contributed by atoms with Gasteiger partial charge in [0.1, 0.15) is 0 Å². The normalized spacial score (nSPS) is 11.3. The zero-order valence-corrected chi connectivity index (χ0v) is 15.9. The zero-order valence-electron chi connectivity index (χ0n) is 14.3. The van der Waals surface area contributed by atoms with Gasteiger partial charge < -0.3 is 4.84 Å². The SMILES string of the molecule is O=C(ONc1ccc(N=NS(=O)(=O)c2ccccc2)cc1)c1ccc(Cl)cc1. The molecule has 0 aromatic heterocycles. The van der Waals surface area contributed by atoms with Gasteiger partial charge >= 0.3 is 5.97 Å². The van der Waals surface area contributed by atoms with Gasteiger partial charge in [-0.1, -0.05) is 34.3 Å². The van der Waals surface area contributed by atoms with Crippen LogP contribution in [0.15, 0.2) is 93.4 Å². The molecular weight excluding hydrogens is 402 g/mol. The Balaban J connectivity index is 1.60. The van der Waals surface area contributed by atoms with E-state index in [4.69, 9.17) is 16.4 Å². The molecule has 0 radical (unpaired) electrons. The van der Waals surface area contributed by atoms with Gasteiger partial charge in [-0.15, -0.1) is 5.11 Å². The first-order valence-electron chi connectivity index (χ1n) is 8.00. The van der Waals surface area contributed by atoms with Crippen molar-refractivity contribution in [3.05, 3.63) is 89.4 Å². The molecule has 0 amide bonds. The number of carbonyl (C=O) groups is 1. The second-order valence-corrected chi connectivity index (χ2v) is 7.54. The van der Waals surface area contributed by atoms with Gasteiger partial charge in [0.2, 0.25) is 0 Å². The summed E-state index contributed by atoms with van der Waals surface area (Å²) in [5.41, 5.74) is 3.66. The second-order valence-electron chi connectivity index (χ2n) is 5.52. The number of rotatable bonds is 6. The molecule has 0 aliphatic carbocycles. The van der Waals surface area contributed by atoms with Crippen LogP contribution >= 0.6 is 11.6 Å². The van der Waals surface area contributed by atoms with Crippen molar-refractivity contribution in [2.45, 2.75) is 4.90 Å². The van der Waals surface area contributed by atoms with E-state index >= 15 is 0 Å². The standard InChI is InChI=1S/C19H14ClN3O4S/c20-15-8-6-14(7-9-15)19(24)27-22-17-12-10-16(11-13-17)21-23-28(25,26)18-4-2-1-3-5-18/h1-13,22H. The molecule has 1 N–H and O–H groups in total. The van der Waals surface area contributed by atoms with E-state index in [2.05, 4.69) is 15.1 Å². The number of sulfonamides is 1. The third-order valence-electron chi connectivity index (χ3n) is 3.51. The molecule has 0 aliphatic rings. The fraction of sp³-hybridized carbons (Fsp3) is 0. The number of hydrogen-bond acceptors (Lipinski definition) is 6. The van der Waals surface area contributed by atoms with E-state index < -0.39 is 16.0 Å². The van der Waals surface area contributed by atoms with E-state index in [-0.39, 0.29) is 4.90 Å². The molecule has 3 aromatic carbocycles. The summed E-state index contributed by atoms with van der Waals surface area (Å²) in [5, 5.41) is 4.25. The maximum atomic E-state index is 12.1. The smallest absolute Gasteiger partial charge is 0.338 e. The lowest BCUT2D eigenvalue weighted by atomic mass is 10.2. The van der Waals surface area contributed by atoms with E-state index in [1.807, 2.05) is 0 Å². The molecule has 3 aromatic rings. The lowest BCUT2D eigenvalue weighted by Gasteiger charge is -2.07. The topological polar surface area (TPSA) is 97.2 Å². The molecule has 0 fully saturated rings. The highest BCUT2D eigenvalue weighted by molar-refractivity contribution is 7.90. The minimum Gasteiger partial charge on any atom is -0.338 e. The number of nitrogens with zero attached hydrogens (tertiary/aromatic N) is 2. The van der Waals surface area contributed by atoms with Crippen LogP contribution < -0.4 is 5.48 Å². The summed E-state index contributed by atoms with van der Waals surface area (Å²) >= 11 is 5.77. The van der Waals surface area contributed by atoms with E-state index in [0.717, 1.165) is 0 Å². The Morgan fingerprint density at radius 3 is 2.18 bits per heavy atom. The number of hydrogen-bond donors (Lipinski definition) is 1. The highest BCUT2D eigenvalue weighted by atomic mass is 35.5. The largest absolute Gasteiger partial charge is 0.362 e. The molecule has 7 nitrogen and oxygen atoms in total. The van der Waals surface area contributed by atoms with Crippen LogP contribution in [0.2, 0.25) is 5.02 Å². The molecule has 142 valence electrons. The van der Waals surface area contributed by atoms with Crippen molar-refractivity contribution in [2.75, 3.05) is 5.48 Å². The van der Waals surface area contributed by atoms with E-state index in [9.17, 15) is 13.2 Å². The minimum atomic E-state index is -3.86. The molecule has 0 atom stereocenters. The maximum Gasteiger partial charge on any atom is 0.362 e. The summed E-state index contributed by atoms with van der Waals surface area (Å²) in [6, 6.07) is 20.3. The molecule has 0 bridgehead atoms. The first-order valence-corrected chi connectivity index (χ1v) is 9.82. The van der Waals surface area contributed by atoms with Gasteiger partial charge in [-0.05, 0) is 60.7 Å². The van der Waals surface area contributed by atoms with Gasteiger partial charge in [-0.25, -0.2) is 10.3 Å². The van der Waals surface area contributed by atoms with Gasteiger partial charge in [-0.3, -0.25) is 0 Å². The van der Waals surface area contributed by atoms with Gasteiger partial charge in [0.25, 0.3) is 10.0 Å². The highest BCUT2D eigenvalue weighted by Crippen LogP contribution is 2.20. The lowest BCUT2D eigenvalue weighted by Crippen LogP contribution is -2.10. The molecule has 0 aliphatic heterocycles. The van der Waals surface area contributed by atoms with E-state index in [1.54, 1.807) is 54.6 Å². The van der Waals surface area contributed by atoms with Crippen molar-refractivity contribution in [2.24, 2.45) is 9.63 Å². The Labute approximate surface area is 166 Å². The fourth-order valence-electron chi connectivity index (χ4n) is 2.09. The van der Waals surface area contributed by atoms with Gasteiger partial charge in [-0.2, -0.15) is 8.42 Å². The Bertz CT molecular complexity index is 1080. The van der Waals surface area contributed by atoms with E-state index in [1.165, 1.54) is 24.3 Å². The van der Waals surface area contributed by atoms with Crippen molar-refractivity contribution in [3.8, 4) is 0 Å². The Morgan fingerprint density at radius 1 is 0.893 bits per heavy atom. The molecule has 9 heteroatoms. The molecule has 0 spiro atoms. The fourth-order valence-corrected chi connectivity index (χ4v) is 3.01. The molecule has 0 saturated carbocycles. The van der Waals surface area contributed by atoms with Crippen LogP contribution in [0.5, 0.6) is 0 Å². The molecule has 0 saturated heterocycles. The van der Waals surface area contributed by atoms with Gasteiger partial charge in [0.15, 0.2) is 0 Å². The van der Waals surface area contributed by atoms with Crippen LogP contribution in [0.4, 0.5) is 11.4 Å². The average Bonchev–Trinajstić information content (AvgIpc) is 2.72. The monoisotopic (exact) mass is 415 g/mol. The molecule has 0 heterocycles. The van der Waals surface area contributed by atoms with Crippen molar-refractivity contribution in [1.29, 1.82) is 0 Å². The summed E-state index contributed by atoms with van der Waals surface area (Å²) < 4.78 is 27.6. The summed E-state index contributed by atoms with van der Waals surface area (Å²) in [7, 11) is -3.86. The van der Waals surface area contributed by atoms with Crippen molar-refractivity contribution in [1.82, 2.24) is 0 Å². The number of anilines is 1. The molecule has 0 unspecified atom stereocenters. The number of halogens is 1. The molecular formula is C19H14ClN3O4S. The molecule has 3 rings (SSSR count). The third kappa shape index (κ3) is 5.15. The van der Waals surface area contributed by atoms with Crippen LogP contribution in [0.1, 0.15) is 10.4 Å². The highest BCUT2D eigenvalue weighted by Gasteiger charge is 2.11. The van der Waals surface area contributed by atoms with Crippen molar-refractivity contribution in [3.63, 3.8) is 0 Å². The predicted molar refractivity (Wildman–Crippen MR) is 105 cm³/mol. The summed E-state index contributed by atoms with van der Waals surface area (Å²) in [6.07, 6.45) is 0. The number of benzene rings is 3. The predicted octanol–water partition coefficient (Wildman–Crippen LogP) is 5.00. The quantitative estimate of drug-likeness (QED) is 0.451. The summed E-state index contributed by atoms with van der Waals surface area (Å²) in [5.74, 6) is -0.575. The van der Waals surface area contributed by atoms with Crippen LogP contribution in [-0.2, 0) is 14.9 Å². The first kappa shape index (κ1) is 19.5. The minimum absolute atomic E-state index is 0.0612. The van der Waals surface area contributed by atoms with Crippen molar-refractivity contribution < 1.29 is 18.0 Å². The Kier molecular flexibility index (Phi) is 6.03.